The molecule has 0 bridgehead atoms. The molecule has 0 aliphatic rings. The minimum Gasteiger partial charge on any atom is -0.465 e. The predicted molar refractivity (Wildman–Crippen MR) is 61.5 cm³/mol. The molecule has 0 N–H and O–H groups in total. The zero-order valence-corrected chi connectivity index (χ0v) is 9.41. The fraction of sp³-hybridized carbons (Fsp3) is 0.308. The number of hydrogen-bond donors (Lipinski definition) is 0. The number of allylic oxidation sites excluding steroid dienone is 1. The molecule has 1 aromatic carbocycles. The lowest BCUT2D eigenvalue weighted by atomic mass is 10.00. The molecular weight excluding hydrogens is 188 g/mol. The molecule has 15 heavy (non-hydrogen) atoms. The topological polar surface area (TPSA) is 26.3 Å². The van der Waals surface area contributed by atoms with E-state index >= 15 is 0 Å². The Kier molecular flexibility index (Phi) is 4.10. The Balaban J connectivity index is 3.17. The molecule has 1 aromatic rings. The van der Waals surface area contributed by atoms with Crippen LogP contribution in [-0.2, 0) is 9.53 Å². The van der Waals surface area contributed by atoms with Crippen molar-refractivity contribution in [1.29, 1.82) is 0 Å². The van der Waals surface area contributed by atoms with E-state index in [1.54, 1.807) is 0 Å². The zero-order valence-electron chi connectivity index (χ0n) is 9.41. The molecule has 1 rings (SSSR count). The summed E-state index contributed by atoms with van der Waals surface area (Å²) in [6.45, 7) is 3.99. The van der Waals surface area contributed by atoms with Crippen molar-refractivity contribution in [2.45, 2.75) is 20.3 Å². The summed E-state index contributed by atoms with van der Waals surface area (Å²) >= 11 is 0. The van der Waals surface area contributed by atoms with Crippen molar-refractivity contribution in [2.75, 3.05) is 7.11 Å². The molecule has 0 aliphatic heterocycles. The maximum Gasteiger partial charge on any atom is 0.338 e. The number of benzene rings is 1. The molecular formula is C13H16O2. The zero-order chi connectivity index (χ0) is 11.3. The van der Waals surface area contributed by atoms with Gasteiger partial charge in [0.05, 0.1) is 12.7 Å². The van der Waals surface area contributed by atoms with Crippen LogP contribution in [-0.4, -0.2) is 13.1 Å². The van der Waals surface area contributed by atoms with Crippen molar-refractivity contribution in [2.24, 2.45) is 0 Å². The largest absolute Gasteiger partial charge is 0.465 e. The van der Waals surface area contributed by atoms with Crippen molar-refractivity contribution in [3.05, 3.63) is 41.5 Å². The average molecular weight is 204 g/mol. The van der Waals surface area contributed by atoms with Gasteiger partial charge in [0.2, 0.25) is 0 Å². The van der Waals surface area contributed by atoms with Gasteiger partial charge in [-0.3, -0.25) is 0 Å². The van der Waals surface area contributed by atoms with E-state index in [4.69, 9.17) is 4.74 Å². The van der Waals surface area contributed by atoms with E-state index in [9.17, 15) is 4.79 Å². The highest BCUT2D eigenvalue weighted by Gasteiger charge is 2.12. The summed E-state index contributed by atoms with van der Waals surface area (Å²) < 4.78 is 4.77. The first kappa shape index (κ1) is 11.5. The monoisotopic (exact) mass is 204 g/mol. The Morgan fingerprint density at radius 3 is 2.60 bits per heavy atom. The summed E-state index contributed by atoms with van der Waals surface area (Å²) in [5.41, 5.74) is 2.69. The van der Waals surface area contributed by atoms with Gasteiger partial charge in [0.25, 0.3) is 0 Å². The normalized spacial score (nSPS) is 11.3. The third-order valence-electron chi connectivity index (χ3n) is 2.25. The quantitative estimate of drug-likeness (QED) is 0.559. The molecule has 80 valence electrons. The second-order valence-corrected chi connectivity index (χ2v) is 3.33. The van der Waals surface area contributed by atoms with Crippen LogP contribution in [0.25, 0.3) is 5.57 Å². The maximum absolute atomic E-state index is 11.6. The second-order valence-electron chi connectivity index (χ2n) is 3.33. The van der Waals surface area contributed by atoms with Gasteiger partial charge in [0.1, 0.15) is 0 Å². The van der Waals surface area contributed by atoms with E-state index in [0.29, 0.717) is 5.57 Å². The van der Waals surface area contributed by atoms with Crippen molar-refractivity contribution >= 4 is 11.5 Å². The van der Waals surface area contributed by atoms with Gasteiger partial charge in [-0.1, -0.05) is 37.3 Å². The lowest BCUT2D eigenvalue weighted by Gasteiger charge is -2.08. The first-order valence-electron chi connectivity index (χ1n) is 5.05. The van der Waals surface area contributed by atoms with Crippen molar-refractivity contribution < 1.29 is 9.53 Å². The van der Waals surface area contributed by atoms with E-state index in [1.165, 1.54) is 7.11 Å². The average Bonchev–Trinajstić information content (AvgIpc) is 2.26. The molecule has 0 amide bonds. The third-order valence-corrected chi connectivity index (χ3v) is 2.25. The Morgan fingerprint density at radius 2 is 2.07 bits per heavy atom. The first-order chi connectivity index (χ1) is 7.20. The molecule has 2 heteroatoms. The number of hydrogen-bond acceptors (Lipinski definition) is 2. The van der Waals surface area contributed by atoms with Gasteiger partial charge in [0, 0.05) is 0 Å². The van der Waals surface area contributed by atoms with Gasteiger partial charge in [-0.15, -0.1) is 0 Å². The Bertz CT molecular complexity index is 378. The number of esters is 1. The fourth-order valence-electron chi connectivity index (χ4n) is 1.49. The lowest BCUT2D eigenvalue weighted by Crippen LogP contribution is -2.05. The van der Waals surface area contributed by atoms with Crippen molar-refractivity contribution in [3.63, 3.8) is 0 Å². The minimum absolute atomic E-state index is 0.272. The molecule has 0 saturated carbocycles. The second kappa shape index (κ2) is 5.35. The summed E-state index contributed by atoms with van der Waals surface area (Å²) in [6, 6.07) is 7.81. The number of carbonyl (C=O) groups is 1. The van der Waals surface area contributed by atoms with Crippen molar-refractivity contribution in [3.8, 4) is 0 Å². The summed E-state index contributed by atoms with van der Waals surface area (Å²) in [5.74, 6) is -0.272. The van der Waals surface area contributed by atoms with E-state index < -0.39 is 0 Å². The van der Waals surface area contributed by atoms with Crippen LogP contribution < -0.4 is 0 Å². The van der Waals surface area contributed by atoms with Crippen LogP contribution in [0.15, 0.2) is 30.3 Å². The van der Waals surface area contributed by atoms with Gasteiger partial charge in [-0.2, -0.15) is 0 Å². The van der Waals surface area contributed by atoms with Gasteiger partial charge in [0.15, 0.2) is 0 Å². The van der Waals surface area contributed by atoms with Gasteiger partial charge in [-0.25, -0.2) is 4.79 Å². The lowest BCUT2D eigenvalue weighted by molar-refractivity contribution is -0.133. The Labute approximate surface area is 90.6 Å². The van der Waals surface area contributed by atoms with Gasteiger partial charge < -0.3 is 4.74 Å². The van der Waals surface area contributed by atoms with Crippen LogP contribution >= 0.6 is 0 Å². The molecule has 0 radical (unpaired) electrons. The summed E-state index contributed by atoms with van der Waals surface area (Å²) in [6.07, 6.45) is 2.72. The Hall–Kier alpha value is -1.57. The van der Waals surface area contributed by atoms with Crippen LogP contribution in [0, 0.1) is 6.92 Å². The van der Waals surface area contributed by atoms with Crippen LogP contribution in [0.2, 0.25) is 0 Å². The SMILES string of the molecule is CC/C=C(/C(=O)OC)c1ccccc1C. The van der Waals surface area contributed by atoms with E-state index in [0.717, 1.165) is 17.5 Å². The number of aryl methyl sites for hydroxylation is 1. The fourth-order valence-corrected chi connectivity index (χ4v) is 1.49. The van der Waals surface area contributed by atoms with E-state index in [2.05, 4.69) is 0 Å². The van der Waals surface area contributed by atoms with Gasteiger partial charge >= 0.3 is 5.97 Å². The highest BCUT2D eigenvalue weighted by molar-refractivity contribution is 6.16. The van der Waals surface area contributed by atoms with Crippen molar-refractivity contribution in [1.82, 2.24) is 0 Å². The molecule has 0 atom stereocenters. The molecule has 2 nitrogen and oxygen atoms in total. The van der Waals surface area contributed by atoms with Crippen LogP contribution in [0.5, 0.6) is 0 Å². The highest BCUT2D eigenvalue weighted by atomic mass is 16.5. The predicted octanol–water partition coefficient (Wildman–Crippen LogP) is 2.96. The van der Waals surface area contributed by atoms with Gasteiger partial charge in [-0.05, 0) is 24.5 Å². The highest BCUT2D eigenvalue weighted by Crippen LogP contribution is 2.20. The number of methoxy groups -OCH3 is 1. The molecule has 0 saturated heterocycles. The molecule has 0 fully saturated rings. The van der Waals surface area contributed by atoms with Crippen LogP contribution in [0.3, 0.4) is 0 Å². The van der Waals surface area contributed by atoms with E-state index in [1.807, 2.05) is 44.2 Å². The molecule has 0 heterocycles. The molecule has 0 spiro atoms. The molecule has 0 aliphatic carbocycles. The number of ether oxygens (including phenoxy) is 1. The maximum atomic E-state index is 11.6. The van der Waals surface area contributed by atoms with E-state index in [-0.39, 0.29) is 5.97 Å². The number of rotatable bonds is 3. The smallest absolute Gasteiger partial charge is 0.338 e. The summed E-state index contributed by atoms with van der Waals surface area (Å²) in [5, 5.41) is 0. The third kappa shape index (κ3) is 2.69. The van der Waals surface area contributed by atoms with Crippen LogP contribution in [0.1, 0.15) is 24.5 Å². The number of carbonyl (C=O) groups excluding carboxylic acids is 1. The standard InChI is InChI=1S/C13H16O2/c1-4-7-12(13(14)15-3)11-9-6-5-8-10(11)2/h5-9H,4H2,1-3H3/b12-7+. The Morgan fingerprint density at radius 1 is 1.40 bits per heavy atom. The van der Waals surface area contributed by atoms with Crippen LogP contribution in [0.4, 0.5) is 0 Å². The molecule has 0 unspecified atom stereocenters. The first-order valence-corrected chi connectivity index (χ1v) is 5.05. The summed E-state index contributed by atoms with van der Waals surface area (Å²) in [4.78, 5) is 11.6. The summed E-state index contributed by atoms with van der Waals surface area (Å²) in [7, 11) is 1.41. The molecule has 0 aromatic heterocycles. The minimum atomic E-state index is -0.272.